The highest BCUT2D eigenvalue weighted by Crippen LogP contribution is 2.18. The van der Waals surface area contributed by atoms with E-state index in [0.717, 1.165) is 31.5 Å². The molecule has 0 bridgehead atoms. The molecule has 1 fully saturated rings. The summed E-state index contributed by atoms with van der Waals surface area (Å²) in [5.74, 6) is 0. The normalized spacial score (nSPS) is 26.8. The van der Waals surface area contributed by atoms with Crippen molar-refractivity contribution in [1.29, 1.82) is 0 Å². The molecule has 4 heteroatoms. The molecule has 1 aromatic heterocycles. The highest BCUT2D eigenvalue weighted by molar-refractivity contribution is 4.98. The van der Waals surface area contributed by atoms with Gasteiger partial charge in [-0.1, -0.05) is 12.8 Å². The SMILES string of the molecule is Cn1ccc(CNC2CCCCC2O)n1. The molecule has 1 saturated carbocycles. The highest BCUT2D eigenvalue weighted by atomic mass is 16.3. The van der Waals surface area contributed by atoms with E-state index in [0.29, 0.717) is 0 Å². The standard InChI is InChI=1S/C11H19N3O/c1-14-7-6-9(13-14)8-12-10-4-2-3-5-11(10)15/h6-7,10-12,15H,2-5,8H2,1H3. The number of nitrogens with zero attached hydrogens (tertiary/aromatic N) is 2. The van der Waals surface area contributed by atoms with Gasteiger partial charge in [0.1, 0.15) is 0 Å². The maximum Gasteiger partial charge on any atom is 0.0762 e. The van der Waals surface area contributed by atoms with Gasteiger partial charge in [-0.2, -0.15) is 5.10 Å². The number of nitrogens with one attached hydrogen (secondary N) is 1. The topological polar surface area (TPSA) is 50.1 Å². The third kappa shape index (κ3) is 2.79. The highest BCUT2D eigenvalue weighted by Gasteiger charge is 2.22. The van der Waals surface area contributed by atoms with Gasteiger partial charge in [-0.15, -0.1) is 0 Å². The summed E-state index contributed by atoms with van der Waals surface area (Å²) in [5.41, 5.74) is 1.04. The minimum atomic E-state index is -0.178. The summed E-state index contributed by atoms with van der Waals surface area (Å²) in [7, 11) is 1.92. The van der Waals surface area contributed by atoms with Crippen molar-refractivity contribution in [1.82, 2.24) is 15.1 Å². The van der Waals surface area contributed by atoms with E-state index < -0.39 is 0 Å². The molecule has 0 aliphatic heterocycles. The second-order valence-electron chi connectivity index (χ2n) is 4.32. The van der Waals surface area contributed by atoms with Crippen LogP contribution in [0.25, 0.3) is 0 Å². The Balaban J connectivity index is 1.81. The van der Waals surface area contributed by atoms with E-state index in [1.54, 1.807) is 4.68 Å². The van der Waals surface area contributed by atoms with Gasteiger partial charge in [0.2, 0.25) is 0 Å². The van der Waals surface area contributed by atoms with Crippen molar-refractivity contribution >= 4 is 0 Å². The number of aliphatic hydroxyl groups is 1. The molecule has 84 valence electrons. The Morgan fingerprint density at radius 3 is 3.00 bits per heavy atom. The van der Waals surface area contributed by atoms with E-state index in [4.69, 9.17) is 0 Å². The lowest BCUT2D eigenvalue weighted by Gasteiger charge is -2.28. The Kier molecular flexibility index (Phi) is 3.38. The summed E-state index contributed by atoms with van der Waals surface area (Å²) in [6.07, 6.45) is 6.14. The Bertz CT molecular complexity index is 311. The summed E-state index contributed by atoms with van der Waals surface area (Å²) in [6, 6.07) is 2.25. The molecule has 2 N–H and O–H groups in total. The van der Waals surface area contributed by atoms with Crippen LogP contribution in [-0.2, 0) is 13.6 Å². The number of rotatable bonds is 3. The van der Waals surface area contributed by atoms with Gasteiger partial charge in [-0.25, -0.2) is 0 Å². The number of hydrogen-bond acceptors (Lipinski definition) is 3. The van der Waals surface area contributed by atoms with E-state index in [1.165, 1.54) is 6.42 Å². The maximum atomic E-state index is 9.76. The Labute approximate surface area is 90.3 Å². The van der Waals surface area contributed by atoms with E-state index in [2.05, 4.69) is 10.4 Å². The molecule has 1 aliphatic rings. The van der Waals surface area contributed by atoms with Gasteiger partial charge in [-0.05, 0) is 18.9 Å². The van der Waals surface area contributed by atoms with Gasteiger partial charge >= 0.3 is 0 Å². The molecule has 2 unspecified atom stereocenters. The van der Waals surface area contributed by atoms with Crippen LogP contribution in [0.1, 0.15) is 31.4 Å². The minimum absolute atomic E-state index is 0.178. The van der Waals surface area contributed by atoms with Gasteiger partial charge in [0, 0.05) is 25.8 Å². The summed E-state index contributed by atoms with van der Waals surface area (Å²) >= 11 is 0. The van der Waals surface area contributed by atoms with E-state index in [9.17, 15) is 5.11 Å². The quantitative estimate of drug-likeness (QED) is 0.774. The first-order valence-corrected chi connectivity index (χ1v) is 5.65. The lowest BCUT2D eigenvalue weighted by Crippen LogP contribution is -2.41. The van der Waals surface area contributed by atoms with E-state index in [1.807, 2.05) is 19.3 Å². The number of hydrogen-bond donors (Lipinski definition) is 2. The number of aliphatic hydroxyl groups excluding tert-OH is 1. The van der Waals surface area contributed by atoms with Crippen LogP contribution in [0.3, 0.4) is 0 Å². The molecule has 1 heterocycles. The minimum Gasteiger partial charge on any atom is -0.392 e. The fraction of sp³-hybridized carbons (Fsp3) is 0.727. The van der Waals surface area contributed by atoms with E-state index >= 15 is 0 Å². The smallest absolute Gasteiger partial charge is 0.0762 e. The zero-order chi connectivity index (χ0) is 10.7. The average Bonchev–Trinajstić information content (AvgIpc) is 2.63. The maximum absolute atomic E-state index is 9.76. The van der Waals surface area contributed by atoms with Crippen molar-refractivity contribution in [3.05, 3.63) is 18.0 Å². The molecule has 15 heavy (non-hydrogen) atoms. The summed E-state index contributed by atoms with van der Waals surface area (Å²) in [5, 5.41) is 17.4. The zero-order valence-electron chi connectivity index (χ0n) is 9.19. The van der Waals surface area contributed by atoms with Gasteiger partial charge in [0.25, 0.3) is 0 Å². The molecule has 0 aromatic carbocycles. The van der Waals surface area contributed by atoms with Crippen LogP contribution in [0.4, 0.5) is 0 Å². The number of aromatic nitrogens is 2. The molecular formula is C11H19N3O. The monoisotopic (exact) mass is 209 g/mol. The summed E-state index contributed by atoms with van der Waals surface area (Å²) in [4.78, 5) is 0. The Morgan fingerprint density at radius 1 is 1.53 bits per heavy atom. The van der Waals surface area contributed by atoms with Crippen LogP contribution in [0.2, 0.25) is 0 Å². The third-order valence-corrected chi connectivity index (χ3v) is 3.04. The van der Waals surface area contributed by atoms with Crippen molar-refractivity contribution < 1.29 is 5.11 Å². The predicted octanol–water partition coefficient (Wildman–Crippen LogP) is 0.813. The molecule has 2 atom stereocenters. The van der Waals surface area contributed by atoms with Gasteiger partial charge in [0.05, 0.1) is 11.8 Å². The first kappa shape index (κ1) is 10.6. The van der Waals surface area contributed by atoms with Gasteiger partial charge < -0.3 is 10.4 Å². The zero-order valence-corrected chi connectivity index (χ0v) is 9.19. The first-order chi connectivity index (χ1) is 7.25. The van der Waals surface area contributed by atoms with Crippen molar-refractivity contribution in [3.63, 3.8) is 0 Å². The Hall–Kier alpha value is -0.870. The fourth-order valence-electron chi connectivity index (χ4n) is 2.14. The lowest BCUT2D eigenvalue weighted by atomic mass is 9.92. The fourth-order valence-corrected chi connectivity index (χ4v) is 2.14. The lowest BCUT2D eigenvalue weighted by molar-refractivity contribution is 0.0901. The van der Waals surface area contributed by atoms with Crippen LogP contribution in [0.5, 0.6) is 0 Å². The molecule has 4 nitrogen and oxygen atoms in total. The van der Waals surface area contributed by atoms with Crippen molar-refractivity contribution in [2.24, 2.45) is 7.05 Å². The molecule has 0 radical (unpaired) electrons. The molecule has 0 saturated heterocycles. The molecule has 2 rings (SSSR count). The first-order valence-electron chi connectivity index (χ1n) is 5.65. The molecule has 1 aromatic rings. The second-order valence-corrected chi connectivity index (χ2v) is 4.32. The molecule has 1 aliphatic carbocycles. The van der Waals surface area contributed by atoms with Crippen LogP contribution in [0, 0.1) is 0 Å². The summed E-state index contributed by atoms with van der Waals surface area (Å²) < 4.78 is 1.80. The Morgan fingerprint density at radius 2 is 2.33 bits per heavy atom. The molecule has 0 spiro atoms. The van der Waals surface area contributed by atoms with Crippen LogP contribution in [-0.4, -0.2) is 27.0 Å². The largest absolute Gasteiger partial charge is 0.392 e. The van der Waals surface area contributed by atoms with Gasteiger partial charge in [0.15, 0.2) is 0 Å². The predicted molar refractivity (Wildman–Crippen MR) is 58.3 cm³/mol. The van der Waals surface area contributed by atoms with Crippen LogP contribution < -0.4 is 5.32 Å². The van der Waals surface area contributed by atoms with Crippen molar-refractivity contribution in [2.45, 2.75) is 44.4 Å². The summed E-state index contributed by atoms with van der Waals surface area (Å²) in [6.45, 7) is 0.753. The van der Waals surface area contributed by atoms with E-state index in [-0.39, 0.29) is 12.1 Å². The van der Waals surface area contributed by atoms with Crippen LogP contribution in [0.15, 0.2) is 12.3 Å². The third-order valence-electron chi connectivity index (χ3n) is 3.04. The molecular weight excluding hydrogens is 190 g/mol. The van der Waals surface area contributed by atoms with Crippen molar-refractivity contribution in [3.8, 4) is 0 Å². The van der Waals surface area contributed by atoms with Crippen molar-refractivity contribution in [2.75, 3.05) is 0 Å². The average molecular weight is 209 g/mol. The second kappa shape index (κ2) is 4.77. The van der Waals surface area contributed by atoms with Gasteiger partial charge in [-0.3, -0.25) is 4.68 Å². The molecule has 0 amide bonds. The number of aryl methyl sites for hydroxylation is 1. The van der Waals surface area contributed by atoms with Crippen LogP contribution >= 0.6 is 0 Å².